The van der Waals surface area contributed by atoms with Crippen LogP contribution in [-0.4, -0.2) is 37.9 Å². The molecule has 0 saturated carbocycles. The summed E-state index contributed by atoms with van der Waals surface area (Å²) in [5, 5.41) is 15.0. The minimum Gasteiger partial charge on any atom is -0.481 e. The van der Waals surface area contributed by atoms with Gasteiger partial charge in [-0.2, -0.15) is 0 Å². The molecular formula is C17H38NO6P. The second-order valence-corrected chi connectivity index (χ2v) is 8.34. The van der Waals surface area contributed by atoms with Gasteiger partial charge in [-0.3, -0.25) is 9.36 Å². The third-order valence-electron chi connectivity index (χ3n) is 4.10. The lowest BCUT2D eigenvalue weighted by Crippen LogP contribution is -2.30. The lowest BCUT2D eigenvalue weighted by Gasteiger charge is -2.25. The van der Waals surface area contributed by atoms with Crippen LogP contribution in [0.3, 0.4) is 0 Å². The highest BCUT2D eigenvalue weighted by atomic mass is 31.2. The van der Waals surface area contributed by atoms with E-state index in [-0.39, 0.29) is 6.42 Å². The van der Waals surface area contributed by atoms with E-state index in [1.54, 1.807) is 0 Å². The highest BCUT2D eigenvalue weighted by Crippen LogP contribution is 2.52. The zero-order chi connectivity index (χ0) is 19.8. The van der Waals surface area contributed by atoms with E-state index < -0.39 is 25.3 Å². The van der Waals surface area contributed by atoms with Gasteiger partial charge < -0.3 is 25.7 Å². The van der Waals surface area contributed by atoms with Gasteiger partial charge in [-0.25, -0.2) is 0 Å². The van der Waals surface area contributed by atoms with E-state index in [1.165, 1.54) is 71.1 Å². The number of aliphatic hydroxyl groups is 1. The Labute approximate surface area is 152 Å². The van der Waals surface area contributed by atoms with E-state index in [0.29, 0.717) is 0 Å². The van der Waals surface area contributed by atoms with E-state index in [1.807, 2.05) is 0 Å². The molecular weight excluding hydrogens is 345 g/mol. The molecule has 0 amide bonds. The van der Waals surface area contributed by atoms with Gasteiger partial charge in [0, 0.05) is 0 Å². The smallest absolute Gasteiger partial charge is 0.357 e. The maximum Gasteiger partial charge on any atom is 0.357 e. The molecule has 152 valence electrons. The van der Waals surface area contributed by atoms with Crippen LogP contribution >= 0.6 is 7.60 Å². The molecule has 1 unspecified atom stereocenters. The van der Waals surface area contributed by atoms with Crippen molar-refractivity contribution in [2.24, 2.45) is 5.73 Å². The number of hydrogen-bond acceptors (Lipinski definition) is 4. The second kappa shape index (κ2) is 15.8. The van der Waals surface area contributed by atoms with Gasteiger partial charge in [-0.05, 0) is 19.4 Å². The summed E-state index contributed by atoms with van der Waals surface area (Å²) in [5.41, 5.74) is 5.42. The summed E-state index contributed by atoms with van der Waals surface area (Å²) in [6.07, 6.45) is 12.7. The van der Waals surface area contributed by atoms with E-state index in [9.17, 15) is 14.5 Å². The summed E-state index contributed by atoms with van der Waals surface area (Å²) in [6, 6.07) is 0. The number of carbonyl (C=O) groups is 1. The van der Waals surface area contributed by atoms with Gasteiger partial charge in [-0.15, -0.1) is 0 Å². The Morgan fingerprint density at radius 3 is 1.56 bits per heavy atom. The van der Waals surface area contributed by atoms with Crippen molar-refractivity contribution in [1.29, 1.82) is 0 Å². The van der Waals surface area contributed by atoms with E-state index in [2.05, 4.69) is 6.92 Å². The highest BCUT2D eigenvalue weighted by molar-refractivity contribution is 7.53. The van der Waals surface area contributed by atoms with Gasteiger partial charge >= 0.3 is 13.6 Å². The zero-order valence-corrected chi connectivity index (χ0v) is 16.7. The average Bonchev–Trinajstić information content (AvgIpc) is 2.52. The lowest BCUT2D eigenvalue weighted by atomic mass is 10.1. The molecule has 0 aromatic rings. The second-order valence-electron chi connectivity index (χ2n) is 6.42. The number of unbranched alkanes of at least 4 members (excludes halogenated alkanes) is 9. The molecule has 0 bridgehead atoms. The summed E-state index contributed by atoms with van der Waals surface area (Å²) in [7, 11) is -4.77. The van der Waals surface area contributed by atoms with Crippen molar-refractivity contribution < 1.29 is 29.4 Å². The first-order valence-corrected chi connectivity index (χ1v) is 11.0. The molecule has 6 N–H and O–H groups in total. The summed E-state index contributed by atoms with van der Waals surface area (Å²) < 4.78 is 10.6. The van der Waals surface area contributed by atoms with E-state index in [4.69, 9.17) is 20.6 Å². The maximum absolute atomic E-state index is 10.6. The Kier molecular flexibility index (Phi) is 16.9. The zero-order valence-electron chi connectivity index (χ0n) is 15.8. The molecule has 1 atom stereocenters. The predicted molar refractivity (Wildman–Crippen MR) is 100 cm³/mol. The average molecular weight is 383 g/mol. The summed E-state index contributed by atoms with van der Waals surface area (Å²) >= 11 is 0. The van der Waals surface area contributed by atoms with Crippen molar-refractivity contribution in [2.75, 3.05) is 6.54 Å². The third-order valence-corrected chi connectivity index (χ3v) is 5.66. The van der Waals surface area contributed by atoms with Gasteiger partial charge in [-0.1, -0.05) is 71.6 Å². The van der Waals surface area contributed by atoms with E-state index in [0.717, 1.165) is 6.54 Å². The standard InChI is InChI=1S/C12H27N.C5H11O6P/c1-2-3-4-5-6-7-8-9-10-11-12-13;1-2-5(8,3-4(6)7)12(9,10)11/h2-13H2,1H3;8H,2-3H2,1H3,(H,6,7)(H2,9,10,11). The number of rotatable bonds is 14. The Bertz CT molecular complexity index is 364. The van der Waals surface area contributed by atoms with Crippen LogP contribution in [0.5, 0.6) is 0 Å². The van der Waals surface area contributed by atoms with Crippen LogP contribution in [0.25, 0.3) is 0 Å². The highest BCUT2D eigenvalue weighted by Gasteiger charge is 2.45. The maximum atomic E-state index is 10.6. The SMILES string of the molecule is CCC(O)(CC(=O)O)P(=O)(O)O.CCCCCCCCCCCCN. The van der Waals surface area contributed by atoms with Crippen molar-refractivity contribution in [3.63, 3.8) is 0 Å². The molecule has 8 heteroatoms. The normalized spacial score (nSPS) is 13.7. The molecule has 0 saturated heterocycles. The Morgan fingerprint density at radius 1 is 0.920 bits per heavy atom. The fraction of sp³-hybridized carbons (Fsp3) is 0.941. The molecule has 0 aliphatic carbocycles. The Morgan fingerprint density at radius 2 is 1.32 bits per heavy atom. The van der Waals surface area contributed by atoms with Crippen molar-refractivity contribution in [1.82, 2.24) is 0 Å². The van der Waals surface area contributed by atoms with Crippen LogP contribution in [0.1, 0.15) is 90.9 Å². The molecule has 0 heterocycles. The molecule has 0 rings (SSSR count). The molecule has 0 aliphatic rings. The first-order valence-electron chi connectivity index (χ1n) is 9.34. The van der Waals surface area contributed by atoms with Crippen LogP contribution in [0.15, 0.2) is 0 Å². The Balaban J connectivity index is 0. The molecule has 25 heavy (non-hydrogen) atoms. The number of carboxylic acids is 1. The summed E-state index contributed by atoms with van der Waals surface area (Å²) in [6.45, 7) is 4.45. The minimum atomic E-state index is -4.77. The largest absolute Gasteiger partial charge is 0.481 e. The van der Waals surface area contributed by atoms with Crippen LogP contribution < -0.4 is 5.73 Å². The topological polar surface area (TPSA) is 141 Å². The molecule has 0 aromatic carbocycles. The van der Waals surface area contributed by atoms with Crippen LogP contribution in [0.2, 0.25) is 0 Å². The molecule has 0 radical (unpaired) electrons. The first-order chi connectivity index (χ1) is 11.6. The number of nitrogens with two attached hydrogens (primary N) is 1. The van der Waals surface area contributed by atoms with Gasteiger partial charge in [0.15, 0.2) is 5.34 Å². The van der Waals surface area contributed by atoms with Gasteiger partial charge in [0.2, 0.25) is 0 Å². The van der Waals surface area contributed by atoms with Crippen LogP contribution in [-0.2, 0) is 9.36 Å². The van der Waals surface area contributed by atoms with Gasteiger partial charge in [0.25, 0.3) is 0 Å². The first kappa shape index (κ1) is 26.8. The lowest BCUT2D eigenvalue weighted by molar-refractivity contribution is -0.140. The van der Waals surface area contributed by atoms with Crippen molar-refractivity contribution >= 4 is 13.6 Å². The number of aliphatic carboxylic acids is 1. The fourth-order valence-electron chi connectivity index (χ4n) is 2.31. The van der Waals surface area contributed by atoms with Crippen LogP contribution in [0.4, 0.5) is 0 Å². The fourth-order valence-corrected chi connectivity index (χ4v) is 3.06. The van der Waals surface area contributed by atoms with Gasteiger partial charge in [0.1, 0.15) is 0 Å². The molecule has 0 aliphatic heterocycles. The molecule has 0 aromatic heterocycles. The number of hydrogen-bond donors (Lipinski definition) is 5. The van der Waals surface area contributed by atoms with Crippen molar-refractivity contribution in [3.05, 3.63) is 0 Å². The summed E-state index contributed by atoms with van der Waals surface area (Å²) in [4.78, 5) is 27.3. The monoisotopic (exact) mass is 383 g/mol. The quantitative estimate of drug-likeness (QED) is 0.228. The van der Waals surface area contributed by atoms with Gasteiger partial charge in [0.05, 0.1) is 6.42 Å². The molecule has 0 fully saturated rings. The molecule has 7 nitrogen and oxygen atoms in total. The van der Waals surface area contributed by atoms with E-state index >= 15 is 0 Å². The summed E-state index contributed by atoms with van der Waals surface area (Å²) in [5.74, 6) is -1.44. The predicted octanol–water partition coefficient (Wildman–Crippen LogP) is 3.60. The third kappa shape index (κ3) is 15.5. The Hall–Kier alpha value is -0.460. The van der Waals surface area contributed by atoms with Crippen molar-refractivity contribution in [3.8, 4) is 0 Å². The number of carboxylic acid groups (broad SMARTS) is 1. The van der Waals surface area contributed by atoms with Crippen molar-refractivity contribution in [2.45, 2.75) is 96.2 Å². The molecule has 0 spiro atoms. The van der Waals surface area contributed by atoms with Crippen LogP contribution in [0, 0.1) is 0 Å². The minimum absolute atomic E-state index is 0.302.